The fourth-order valence-corrected chi connectivity index (χ4v) is 5.81. The molecule has 216 valence electrons. The molecule has 1 saturated carbocycles. The van der Waals surface area contributed by atoms with Crippen LogP contribution in [0.1, 0.15) is 50.1 Å². The molecule has 2 aromatic heterocycles. The van der Waals surface area contributed by atoms with Crippen LogP contribution < -0.4 is 10.2 Å². The van der Waals surface area contributed by atoms with Crippen LogP contribution in [0.25, 0.3) is 22.2 Å². The van der Waals surface area contributed by atoms with Crippen molar-refractivity contribution in [3.63, 3.8) is 0 Å². The Hall–Kier alpha value is -4.30. The number of aromatic nitrogens is 2. The Bertz CT molecular complexity index is 1720. The Morgan fingerprint density at radius 3 is 2.50 bits per heavy atom. The van der Waals surface area contributed by atoms with Crippen LogP contribution in [-0.2, 0) is 4.74 Å². The largest absolute Gasteiger partial charge is 0.444 e. The maximum atomic E-state index is 15.6. The van der Waals surface area contributed by atoms with Crippen LogP contribution in [0.15, 0.2) is 42.5 Å². The maximum Gasteiger partial charge on any atom is 0.410 e. The molecule has 1 amide bonds. The van der Waals surface area contributed by atoms with Crippen LogP contribution in [-0.4, -0.2) is 52.7 Å². The molecule has 0 spiro atoms. The normalized spacial score (nSPS) is 15.3. The molecule has 1 saturated heterocycles. The smallest absolute Gasteiger partial charge is 0.410 e. The quantitative estimate of drug-likeness (QED) is 0.255. The van der Waals surface area contributed by atoms with Gasteiger partial charge in [0.15, 0.2) is 10.9 Å². The number of nitrogens with zero attached hydrogens (tertiary/aromatic N) is 5. The van der Waals surface area contributed by atoms with Crippen molar-refractivity contribution < 1.29 is 18.3 Å². The number of fused-ring (bicyclic) bond motifs is 1. The Balaban J connectivity index is 1.32. The fourth-order valence-electron chi connectivity index (χ4n) is 4.95. The number of hydrogen-bond acceptors (Lipinski definition) is 8. The number of likely N-dealkylation sites (tertiary alicyclic amines) is 1. The standard InChI is InChI=1S/C31H30F2N6O2S/c1-31(2,3)41-30(40)39-15-21(16-39)35-20-11-22-25(13-24(17-5-6-17)36-28(22)23(33)12-20)38(4)29-37-27(26(14-34)42-29)18-7-9-19(32)10-8-18/h7-13,17,21,35H,5-6,15-16H2,1-4H3. The number of amides is 1. The molecule has 8 nitrogen and oxygen atoms in total. The summed E-state index contributed by atoms with van der Waals surface area (Å²) in [5.74, 6) is -0.529. The first kappa shape index (κ1) is 27.8. The average molecular weight is 589 g/mol. The van der Waals surface area contributed by atoms with Gasteiger partial charge in [0.1, 0.15) is 33.6 Å². The predicted molar refractivity (Wildman–Crippen MR) is 159 cm³/mol. The van der Waals surface area contributed by atoms with Gasteiger partial charge in [-0.1, -0.05) is 11.3 Å². The molecular formula is C31H30F2N6O2S. The molecule has 1 aliphatic carbocycles. The molecule has 6 rings (SSSR count). The van der Waals surface area contributed by atoms with Gasteiger partial charge in [0.05, 0.1) is 11.7 Å². The molecule has 2 fully saturated rings. The van der Waals surface area contributed by atoms with Crippen LogP contribution in [0, 0.1) is 23.0 Å². The minimum absolute atomic E-state index is 0.0512. The van der Waals surface area contributed by atoms with E-state index in [1.54, 1.807) is 17.0 Å². The monoisotopic (exact) mass is 588 g/mol. The number of anilines is 3. The van der Waals surface area contributed by atoms with Crippen molar-refractivity contribution in [2.75, 3.05) is 30.4 Å². The Morgan fingerprint density at radius 2 is 1.86 bits per heavy atom. The zero-order chi connectivity index (χ0) is 29.8. The van der Waals surface area contributed by atoms with E-state index in [1.165, 1.54) is 29.5 Å². The molecule has 4 aromatic rings. The Kier molecular flexibility index (Phi) is 6.97. The van der Waals surface area contributed by atoms with Gasteiger partial charge in [-0.15, -0.1) is 0 Å². The van der Waals surface area contributed by atoms with Gasteiger partial charge in [-0.2, -0.15) is 5.26 Å². The van der Waals surface area contributed by atoms with Gasteiger partial charge in [0, 0.05) is 48.4 Å². The van der Waals surface area contributed by atoms with Gasteiger partial charge < -0.3 is 19.9 Å². The second kappa shape index (κ2) is 10.5. The number of carbonyl (C=O) groups is 1. The van der Waals surface area contributed by atoms with E-state index in [2.05, 4.69) is 16.4 Å². The third-order valence-electron chi connectivity index (χ3n) is 7.25. The van der Waals surface area contributed by atoms with E-state index < -0.39 is 11.4 Å². The van der Waals surface area contributed by atoms with Gasteiger partial charge in [0.2, 0.25) is 0 Å². The molecule has 0 atom stereocenters. The third-order valence-corrected chi connectivity index (χ3v) is 8.28. The van der Waals surface area contributed by atoms with Crippen LogP contribution in [0.3, 0.4) is 0 Å². The number of ether oxygens (including phenoxy) is 1. The summed E-state index contributed by atoms with van der Waals surface area (Å²) >= 11 is 1.22. The second-order valence-electron chi connectivity index (χ2n) is 11.8. The zero-order valence-corrected chi connectivity index (χ0v) is 24.6. The van der Waals surface area contributed by atoms with Crippen LogP contribution in [0.5, 0.6) is 0 Å². The average Bonchev–Trinajstić information content (AvgIpc) is 3.67. The lowest BCUT2D eigenvalue weighted by molar-refractivity contribution is 0.0105. The second-order valence-corrected chi connectivity index (χ2v) is 12.8. The molecule has 42 heavy (non-hydrogen) atoms. The summed E-state index contributed by atoms with van der Waals surface area (Å²) in [5, 5.41) is 14.3. The van der Waals surface area contributed by atoms with E-state index in [0.717, 1.165) is 24.2 Å². The van der Waals surface area contributed by atoms with E-state index in [-0.39, 0.29) is 29.4 Å². The molecule has 1 N–H and O–H groups in total. The van der Waals surface area contributed by atoms with Crippen molar-refractivity contribution >= 4 is 44.8 Å². The molecule has 2 aliphatic rings. The lowest BCUT2D eigenvalue weighted by Crippen LogP contribution is -2.57. The molecular weight excluding hydrogens is 558 g/mol. The number of rotatable bonds is 6. The summed E-state index contributed by atoms with van der Waals surface area (Å²) < 4.78 is 34.6. The van der Waals surface area contributed by atoms with Crippen molar-refractivity contribution in [2.24, 2.45) is 0 Å². The first-order chi connectivity index (χ1) is 20.0. The highest BCUT2D eigenvalue weighted by molar-refractivity contribution is 7.16. The van der Waals surface area contributed by atoms with E-state index in [0.29, 0.717) is 45.4 Å². The number of halogens is 2. The van der Waals surface area contributed by atoms with Gasteiger partial charge in [0.25, 0.3) is 0 Å². The predicted octanol–water partition coefficient (Wildman–Crippen LogP) is 7.18. The molecule has 3 heterocycles. The van der Waals surface area contributed by atoms with Gasteiger partial charge in [-0.3, -0.25) is 0 Å². The highest BCUT2D eigenvalue weighted by Crippen LogP contribution is 2.44. The fraction of sp³-hybridized carbons (Fsp3) is 0.355. The molecule has 11 heteroatoms. The molecule has 1 aliphatic heterocycles. The Morgan fingerprint density at radius 1 is 1.14 bits per heavy atom. The Labute approximate surface area is 246 Å². The number of nitrogens with one attached hydrogen (secondary N) is 1. The first-order valence-corrected chi connectivity index (χ1v) is 14.6. The lowest BCUT2D eigenvalue weighted by atomic mass is 10.1. The van der Waals surface area contributed by atoms with Gasteiger partial charge >= 0.3 is 6.09 Å². The number of pyridine rings is 1. The van der Waals surface area contributed by atoms with E-state index in [1.807, 2.05) is 44.9 Å². The summed E-state index contributed by atoms with van der Waals surface area (Å²) in [7, 11) is 1.84. The summed E-state index contributed by atoms with van der Waals surface area (Å²) in [6, 6.07) is 13.3. The molecule has 0 radical (unpaired) electrons. The van der Waals surface area contributed by atoms with Crippen molar-refractivity contribution in [3.05, 3.63) is 64.7 Å². The first-order valence-electron chi connectivity index (χ1n) is 13.8. The number of hydrogen-bond donors (Lipinski definition) is 1. The number of benzene rings is 2. The highest BCUT2D eigenvalue weighted by atomic mass is 32.1. The van der Waals surface area contributed by atoms with Gasteiger partial charge in [-0.25, -0.2) is 23.5 Å². The van der Waals surface area contributed by atoms with E-state index in [9.17, 15) is 14.4 Å². The van der Waals surface area contributed by atoms with Crippen LogP contribution in [0.2, 0.25) is 0 Å². The van der Waals surface area contributed by atoms with Crippen molar-refractivity contribution in [1.29, 1.82) is 5.26 Å². The highest BCUT2D eigenvalue weighted by Gasteiger charge is 2.34. The number of thiazole rings is 1. The summed E-state index contributed by atoms with van der Waals surface area (Å²) in [5.41, 5.74) is 2.93. The van der Waals surface area contributed by atoms with Crippen molar-refractivity contribution in [3.8, 4) is 17.3 Å². The number of carbonyl (C=O) groups excluding carboxylic acids is 1. The molecule has 0 bridgehead atoms. The third kappa shape index (κ3) is 5.59. The van der Waals surface area contributed by atoms with Crippen LogP contribution >= 0.6 is 11.3 Å². The van der Waals surface area contributed by atoms with Crippen molar-refractivity contribution in [2.45, 2.75) is 51.2 Å². The van der Waals surface area contributed by atoms with Crippen LogP contribution in [0.4, 0.5) is 30.1 Å². The minimum atomic E-state index is -0.572. The summed E-state index contributed by atoms with van der Waals surface area (Å²) in [4.78, 5) is 25.6. The lowest BCUT2D eigenvalue weighted by Gasteiger charge is -2.40. The van der Waals surface area contributed by atoms with Crippen molar-refractivity contribution in [1.82, 2.24) is 14.9 Å². The zero-order valence-electron chi connectivity index (χ0n) is 23.7. The maximum absolute atomic E-state index is 15.6. The summed E-state index contributed by atoms with van der Waals surface area (Å²) in [6.07, 6.45) is 1.64. The molecule has 0 unspecified atom stereocenters. The van der Waals surface area contributed by atoms with Gasteiger partial charge in [-0.05, 0) is 76.1 Å². The molecule has 2 aromatic carbocycles. The van der Waals surface area contributed by atoms with E-state index in [4.69, 9.17) is 9.72 Å². The summed E-state index contributed by atoms with van der Waals surface area (Å²) in [6.45, 7) is 6.37. The van der Waals surface area contributed by atoms with E-state index >= 15 is 4.39 Å². The SMILES string of the molecule is CN(c1nc(-c2ccc(F)cc2)c(C#N)s1)c1cc(C2CC2)nc2c(F)cc(NC3CN(C(=O)OC(C)(C)C)C3)cc12. The minimum Gasteiger partial charge on any atom is -0.444 e. The topological polar surface area (TPSA) is 94.4 Å². The number of nitriles is 1.